The highest BCUT2D eigenvalue weighted by atomic mass is 16.2. The van der Waals surface area contributed by atoms with Crippen LogP contribution in [-0.4, -0.2) is 22.2 Å². The summed E-state index contributed by atoms with van der Waals surface area (Å²) in [4.78, 5) is 14.6. The lowest BCUT2D eigenvalue weighted by Gasteiger charge is -2.18. The van der Waals surface area contributed by atoms with Crippen LogP contribution in [0.5, 0.6) is 0 Å². The van der Waals surface area contributed by atoms with Gasteiger partial charge >= 0.3 is 0 Å². The van der Waals surface area contributed by atoms with Crippen molar-refractivity contribution in [3.63, 3.8) is 0 Å². The average molecular weight is 309 g/mol. The maximum Gasteiger partial charge on any atom is 0.251 e. The molecular weight excluding hydrogens is 286 g/mol. The van der Waals surface area contributed by atoms with E-state index in [0.717, 1.165) is 29.9 Å². The zero-order valence-electron chi connectivity index (χ0n) is 14.0. The summed E-state index contributed by atoms with van der Waals surface area (Å²) in [6, 6.07) is 9.71. The van der Waals surface area contributed by atoms with Gasteiger partial charge in [-0.2, -0.15) is 5.10 Å². The molecule has 1 aromatic heterocycles. The Bertz CT molecular complexity index is 739. The number of nitrogens with zero attached hydrogens (tertiary/aromatic N) is 3. The SMILES string of the molecule is C=Cc1cccc(N2CCC(n3ccc(C(C)(C)C)n3)C2=O)c1. The zero-order chi connectivity index (χ0) is 16.6. The first-order chi connectivity index (χ1) is 10.9. The molecular formula is C19H23N3O. The smallest absolute Gasteiger partial charge is 0.251 e. The molecule has 2 aromatic rings. The monoisotopic (exact) mass is 309 g/mol. The van der Waals surface area contributed by atoms with Gasteiger partial charge in [0, 0.05) is 23.8 Å². The van der Waals surface area contributed by atoms with Gasteiger partial charge in [0.15, 0.2) is 0 Å². The summed E-state index contributed by atoms with van der Waals surface area (Å²) in [6.07, 6.45) is 4.50. The summed E-state index contributed by atoms with van der Waals surface area (Å²) in [5.41, 5.74) is 2.95. The normalized spacial score (nSPS) is 18.5. The number of rotatable bonds is 3. The Morgan fingerprint density at radius 1 is 1.30 bits per heavy atom. The number of carbonyl (C=O) groups is 1. The zero-order valence-corrected chi connectivity index (χ0v) is 14.0. The van der Waals surface area contributed by atoms with Gasteiger partial charge < -0.3 is 4.90 Å². The van der Waals surface area contributed by atoms with Crippen LogP contribution in [0.25, 0.3) is 6.08 Å². The first kappa shape index (κ1) is 15.5. The van der Waals surface area contributed by atoms with Crippen LogP contribution in [0.15, 0.2) is 43.1 Å². The quantitative estimate of drug-likeness (QED) is 0.865. The molecule has 23 heavy (non-hydrogen) atoms. The fourth-order valence-corrected chi connectivity index (χ4v) is 2.90. The minimum Gasteiger partial charge on any atom is -0.310 e. The number of benzene rings is 1. The second kappa shape index (κ2) is 5.69. The van der Waals surface area contributed by atoms with Gasteiger partial charge in [0.2, 0.25) is 0 Å². The molecule has 0 spiro atoms. The molecule has 0 saturated carbocycles. The molecule has 0 bridgehead atoms. The highest BCUT2D eigenvalue weighted by molar-refractivity contribution is 5.98. The lowest BCUT2D eigenvalue weighted by Crippen LogP contribution is -2.28. The summed E-state index contributed by atoms with van der Waals surface area (Å²) in [5.74, 6) is 0.106. The molecule has 120 valence electrons. The van der Waals surface area contributed by atoms with Crippen molar-refractivity contribution in [2.45, 2.75) is 38.6 Å². The van der Waals surface area contributed by atoms with E-state index in [1.54, 1.807) is 6.08 Å². The molecule has 1 saturated heterocycles. The number of hydrogen-bond acceptors (Lipinski definition) is 2. The van der Waals surface area contributed by atoms with E-state index < -0.39 is 0 Å². The minimum atomic E-state index is -0.210. The Morgan fingerprint density at radius 3 is 2.74 bits per heavy atom. The van der Waals surface area contributed by atoms with Gasteiger partial charge in [-0.1, -0.05) is 45.6 Å². The maximum absolute atomic E-state index is 12.8. The van der Waals surface area contributed by atoms with Crippen molar-refractivity contribution in [1.29, 1.82) is 0 Å². The van der Waals surface area contributed by atoms with Crippen molar-refractivity contribution in [2.75, 3.05) is 11.4 Å². The molecule has 1 aliphatic rings. The van der Waals surface area contributed by atoms with Crippen LogP contribution in [0, 0.1) is 0 Å². The van der Waals surface area contributed by atoms with Crippen LogP contribution in [0.3, 0.4) is 0 Å². The van der Waals surface area contributed by atoms with E-state index in [1.807, 2.05) is 46.1 Å². The van der Waals surface area contributed by atoms with E-state index in [-0.39, 0.29) is 17.4 Å². The topological polar surface area (TPSA) is 38.1 Å². The van der Waals surface area contributed by atoms with Crippen LogP contribution in [0.4, 0.5) is 5.69 Å². The fourth-order valence-electron chi connectivity index (χ4n) is 2.90. The lowest BCUT2D eigenvalue weighted by atomic mass is 9.93. The average Bonchev–Trinajstić information content (AvgIpc) is 3.13. The lowest BCUT2D eigenvalue weighted by molar-refractivity contribution is -0.120. The van der Waals surface area contributed by atoms with Crippen LogP contribution < -0.4 is 4.90 Å². The summed E-state index contributed by atoms with van der Waals surface area (Å²) in [5, 5.41) is 4.63. The van der Waals surface area contributed by atoms with Gasteiger partial charge in [0.25, 0.3) is 5.91 Å². The van der Waals surface area contributed by atoms with Crippen LogP contribution in [0.2, 0.25) is 0 Å². The summed E-state index contributed by atoms with van der Waals surface area (Å²) in [7, 11) is 0. The predicted octanol–water partition coefficient (Wildman–Crippen LogP) is 3.80. The summed E-state index contributed by atoms with van der Waals surface area (Å²) >= 11 is 0. The van der Waals surface area contributed by atoms with Crippen LogP contribution >= 0.6 is 0 Å². The van der Waals surface area contributed by atoms with Gasteiger partial charge in [0.1, 0.15) is 6.04 Å². The molecule has 2 heterocycles. The number of aromatic nitrogens is 2. The summed E-state index contributed by atoms with van der Waals surface area (Å²) in [6.45, 7) is 10.9. The first-order valence-corrected chi connectivity index (χ1v) is 7.99. The highest BCUT2D eigenvalue weighted by Gasteiger charge is 2.34. The van der Waals surface area contributed by atoms with E-state index in [0.29, 0.717) is 0 Å². The van der Waals surface area contributed by atoms with E-state index >= 15 is 0 Å². The number of carbonyl (C=O) groups excluding carboxylic acids is 1. The van der Waals surface area contributed by atoms with E-state index in [1.165, 1.54) is 0 Å². The van der Waals surface area contributed by atoms with E-state index in [9.17, 15) is 4.79 Å². The van der Waals surface area contributed by atoms with Gasteiger partial charge in [-0.15, -0.1) is 0 Å². The third kappa shape index (κ3) is 2.93. The largest absolute Gasteiger partial charge is 0.310 e. The maximum atomic E-state index is 12.8. The van der Waals surface area contributed by atoms with E-state index in [4.69, 9.17) is 0 Å². The Labute approximate surface area is 137 Å². The number of anilines is 1. The molecule has 3 rings (SSSR count). The second-order valence-corrected chi connectivity index (χ2v) is 7.02. The molecule has 1 aliphatic heterocycles. The van der Waals surface area contributed by atoms with Crippen molar-refractivity contribution in [3.05, 3.63) is 54.4 Å². The van der Waals surface area contributed by atoms with Crippen molar-refractivity contribution < 1.29 is 4.79 Å². The molecule has 4 heteroatoms. The van der Waals surface area contributed by atoms with Gasteiger partial charge in [0.05, 0.1) is 5.69 Å². The third-order valence-corrected chi connectivity index (χ3v) is 4.29. The molecule has 0 radical (unpaired) electrons. The highest BCUT2D eigenvalue weighted by Crippen LogP contribution is 2.30. The van der Waals surface area contributed by atoms with Crippen molar-refractivity contribution in [1.82, 2.24) is 9.78 Å². The Morgan fingerprint density at radius 2 is 2.09 bits per heavy atom. The van der Waals surface area contributed by atoms with Gasteiger partial charge in [-0.05, 0) is 30.2 Å². The number of hydrogen-bond donors (Lipinski definition) is 0. The molecule has 1 amide bonds. The van der Waals surface area contributed by atoms with Crippen molar-refractivity contribution in [3.8, 4) is 0 Å². The molecule has 1 aromatic carbocycles. The van der Waals surface area contributed by atoms with Crippen molar-refractivity contribution >= 4 is 17.7 Å². The van der Waals surface area contributed by atoms with E-state index in [2.05, 4.69) is 32.4 Å². The summed E-state index contributed by atoms with van der Waals surface area (Å²) < 4.78 is 1.82. The van der Waals surface area contributed by atoms with Crippen LogP contribution in [0.1, 0.15) is 44.5 Å². The van der Waals surface area contributed by atoms with Gasteiger partial charge in [-0.25, -0.2) is 0 Å². The predicted molar refractivity (Wildman–Crippen MR) is 93.5 cm³/mol. The fraction of sp³-hybridized carbons (Fsp3) is 0.368. The standard InChI is InChI=1S/C19H23N3O/c1-5-14-7-6-8-15(13-14)21-11-9-16(18(21)23)22-12-10-17(20-22)19(2,3)4/h5-8,10,12-13,16H,1,9,11H2,2-4H3. The first-order valence-electron chi connectivity index (χ1n) is 7.99. The Hall–Kier alpha value is -2.36. The molecule has 1 atom stereocenters. The van der Waals surface area contributed by atoms with Crippen LogP contribution in [-0.2, 0) is 10.2 Å². The molecule has 1 fully saturated rings. The molecule has 0 aliphatic carbocycles. The number of amides is 1. The minimum absolute atomic E-state index is 0.00905. The molecule has 1 unspecified atom stereocenters. The molecule has 4 nitrogen and oxygen atoms in total. The molecule has 0 N–H and O–H groups in total. The Kier molecular flexibility index (Phi) is 3.84. The third-order valence-electron chi connectivity index (χ3n) is 4.29. The van der Waals surface area contributed by atoms with Gasteiger partial charge in [-0.3, -0.25) is 9.48 Å². The van der Waals surface area contributed by atoms with Crippen molar-refractivity contribution in [2.24, 2.45) is 0 Å². The second-order valence-electron chi connectivity index (χ2n) is 7.02. The Balaban J connectivity index is 1.84.